The molecule has 1 atom stereocenters. The largest absolute Gasteiger partial charge is 0.349 e. The summed E-state index contributed by atoms with van der Waals surface area (Å²) in [5, 5.41) is 7.46. The van der Waals surface area contributed by atoms with Gasteiger partial charge in [0.15, 0.2) is 0 Å². The van der Waals surface area contributed by atoms with Crippen molar-refractivity contribution >= 4 is 5.91 Å². The van der Waals surface area contributed by atoms with Crippen LogP contribution in [0.2, 0.25) is 0 Å². The number of carbonyl (C=O) groups is 1. The van der Waals surface area contributed by atoms with Gasteiger partial charge >= 0.3 is 5.69 Å². The summed E-state index contributed by atoms with van der Waals surface area (Å²) in [5.41, 5.74) is 0.565. The lowest BCUT2D eigenvalue weighted by Crippen LogP contribution is -2.35. The predicted molar refractivity (Wildman–Crippen MR) is 85.2 cm³/mol. The summed E-state index contributed by atoms with van der Waals surface area (Å²) >= 11 is 0. The minimum Gasteiger partial charge on any atom is -0.349 e. The number of aromatic nitrogens is 4. The second-order valence-electron chi connectivity index (χ2n) is 5.81. The van der Waals surface area contributed by atoms with Gasteiger partial charge in [-0.25, -0.2) is 9.48 Å². The van der Waals surface area contributed by atoms with Crippen LogP contribution < -0.4 is 11.0 Å². The zero-order valence-electron chi connectivity index (χ0n) is 13.2. The summed E-state index contributed by atoms with van der Waals surface area (Å²) in [6.07, 6.45) is 6.33. The molecule has 1 unspecified atom stereocenters. The van der Waals surface area contributed by atoms with Crippen LogP contribution in [0.25, 0.3) is 0 Å². The Morgan fingerprint density at radius 3 is 2.87 bits per heavy atom. The van der Waals surface area contributed by atoms with Crippen molar-refractivity contribution in [1.29, 1.82) is 0 Å². The van der Waals surface area contributed by atoms with Crippen LogP contribution in [0, 0.1) is 0 Å². The minimum atomic E-state index is -0.0969. The lowest BCUT2D eigenvalue weighted by atomic mass is 10.1. The van der Waals surface area contributed by atoms with Crippen molar-refractivity contribution in [2.75, 3.05) is 0 Å². The van der Waals surface area contributed by atoms with Gasteiger partial charge in [0.1, 0.15) is 5.82 Å². The molecule has 0 saturated heterocycles. The Labute approximate surface area is 134 Å². The number of hydrogen-bond donors (Lipinski definition) is 1. The van der Waals surface area contributed by atoms with Gasteiger partial charge in [0, 0.05) is 43.5 Å². The second-order valence-corrected chi connectivity index (χ2v) is 5.81. The van der Waals surface area contributed by atoms with Gasteiger partial charge in [-0.2, -0.15) is 5.10 Å². The number of fused-ring (bicyclic) bond motifs is 1. The molecule has 0 radical (unpaired) electrons. The SMILES string of the molecule is CCCn1nc2n(c1=O)CCC(NC(=O)c1ccncc1)CC2. The fraction of sp³-hybridized carbons (Fsp3) is 0.500. The average molecular weight is 315 g/mol. The molecule has 2 aromatic rings. The van der Waals surface area contributed by atoms with Gasteiger partial charge in [-0.05, 0) is 31.4 Å². The van der Waals surface area contributed by atoms with Gasteiger partial charge in [0.2, 0.25) is 0 Å². The van der Waals surface area contributed by atoms with Gasteiger partial charge < -0.3 is 5.32 Å². The lowest BCUT2D eigenvalue weighted by molar-refractivity contribution is 0.0932. The van der Waals surface area contributed by atoms with Crippen LogP contribution in [-0.2, 0) is 19.5 Å². The van der Waals surface area contributed by atoms with Crippen molar-refractivity contribution < 1.29 is 4.79 Å². The standard InChI is InChI=1S/C16H21N5O2/c1-2-10-21-16(23)20-11-7-13(3-4-14(20)19-21)18-15(22)12-5-8-17-9-6-12/h5-6,8-9,13H,2-4,7,10-11H2,1H3,(H,18,22). The molecule has 0 bridgehead atoms. The number of pyridine rings is 1. The first-order chi connectivity index (χ1) is 11.2. The highest BCUT2D eigenvalue weighted by molar-refractivity contribution is 5.94. The van der Waals surface area contributed by atoms with Crippen molar-refractivity contribution in [3.8, 4) is 0 Å². The van der Waals surface area contributed by atoms with Gasteiger partial charge in [-0.3, -0.25) is 14.3 Å². The maximum atomic E-state index is 12.3. The molecular weight excluding hydrogens is 294 g/mol. The van der Waals surface area contributed by atoms with E-state index in [1.54, 1.807) is 33.8 Å². The van der Waals surface area contributed by atoms with E-state index in [1.807, 2.05) is 6.92 Å². The maximum absolute atomic E-state index is 12.3. The van der Waals surface area contributed by atoms with Crippen LogP contribution in [0.1, 0.15) is 42.4 Å². The molecule has 122 valence electrons. The number of nitrogens with one attached hydrogen (secondary N) is 1. The van der Waals surface area contributed by atoms with E-state index in [1.165, 1.54) is 0 Å². The average Bonchev–Trinajstić information content (AvgIpc) is 2.74. The van der Waals surface area contributed by atoms with Crippen molar-refractivity contribution in [3.63, 3.8) is 0 Å². The molecule has 1 N–H and O–H groups in total. The summed E-state index contributed by atoms with van der Waals surface area (Å²) in [6.45, 7) is 3.28. The Balaban J connectivity index is 1.66. The number of hydrogen-bond acceptors (Lipinski definition) is 4. The molecule has 0 aliphatic carbocycles. The molecule has 7 nitrogen and oxygen atoms in total. The predicted octanol–water partition coefficient (Wildman–Crippen LogP) is 0.985. The highest BCUT2D eigenvalue weighted by Gasteiger charge is 2.22. The highest BCUT2D eigenvalue weighted by atomic mass is 16.2. The van der Waals surface area contributed by atoms with E-state index in [-0.39, 0.29) is 17.6 Å². The van der Waals surface area contributed by atoms with Crippen molar-refractivity contribution in [1.82, 2.24) is 24.6 Å². The van der Waals surface area contributed by atoms with Gasteiger partial charge in [0.05, 0.1) is 0 Å². The van der Waals surface area contributed by atoms with E-state index >= 15 is 0 Å². The maximum Gasteiger partial charge on any atom is 0.345 e. The third-order valence-corrected chi connectivity index (χ3v) is 4.13. The summed E-state index contributed by atoms with van der Waals surface area (Å²) in [4.78, 5) is 28.4. The van der Waals surface area contributed by atoms with Crippen LogP contribution in [0.4, 0.5) is 0 Å². The minimum absolute atomic E-state index is 0.0389. The van der Waals surface area contributed by atoms with Crippen LogP contribution in [-0.4, -0.2) is 31.3 Å². The Bertz CT molecular complexity index is 735. The third-order valence-electron chi connectivity index (χ3n) is 4.13. The molecule has 0 spiro atoms. The van der Waals surface area contributed by atoms with Crippen LogP contribution in [0.3, 0.4) is 0 Å². The zero-order valence-corrected chi connectivity index (χ0v) is 13.2. The van der Waals surface area contributed by atoms with Crippen LogP contribution in [0.5, 0.6) is 0 Å². The second kappa shape index (κ2) is 6.76. The number of nitrogens with zero attached hydrogens (tertiary/aromatic N) is 4. The van der Waals surface area contributed by atoms with Crippen LogP contribution in [0.15, 0.2) is 29.3 Å². The Morgan fingerprint density at radius 1 is 1.35 bits per heavy atom. The van der Waals surface area contributed by atoms with E-state index in [9.17, 15) is 9.59 Å². The summed E-state index contributed by atoms with van der Waals surface area (Å²) < 4.78 is 3.29. The highest BCUT2D eigenvalue weighted by Crippen LogP contribution is 2.12. The molecule has 0 saturated carbocycles. The van der Waals surface area contributed by atoms with Crippen molar-refractivity contribution in [3.05, 3.63) is 46.4 Å². The van der Waals surface area contributed by atoms with E-state index < -0.39 is 0 Å². The number of rotatable bonds is 4. The molecule has 0 fully saturated rings. The van der Waals surface area contributed by atoms with E-state index in [0.29, 0.717) is 25.1 Å². The van der Waals surface area contributed by atoms with Crippen molar-refractivity contribution in [2.45, 2.75) is 51.7 Å². The molecule has 1 aliphatic rings. The summed E-state index contributed by atoms with van der Waals surface area (Å²) in [6, 6.07) is 3.44. The summed E-state index contributed by atoms with van der Waals surface area (Å²) in [5.74, 6) is 0.726. The first-order valence-electron chi connectivity index (χ1n) is 8.06. The van der Waals surface area contributed by atoms with E-state index in [2.05, 4.69) is 15.4 Å². The molecule has 2 aromatic heterocycles. The normalized spacial score (nSPS) is 17.3. The first-order valence-corrected chi connectivity index (χ1v) is 8.06. The third kappa shape index (κ3) is 3.33. The fourth-order valence-electron chi connectivity index (χ4n) is 2.90. The smallest absolute Gasteiger partial charge is 0.345 e. The van der Waals surface area contributed by atoms with E-state index in [4.69, 9.17) is 0 Å². The molecule has 0 aromatic carbocycles. The number of amides is 1. The molecule has 3 heterocycles. The molecular formula is C16H21N5O2. The monoisotopic (exact) mass is 315 g/mol. The Morgan fingerprint density at radius 2 is 2.13 bits per heavy atom. The summed E-state index contributed by atoms with van der Waals surface area (Å²) in [7, 11) is 0. The topological polar surface area (TPSA) is 81.8 Å². The van der Waals surface area contributed by atoms with E-state index in [0.717, 1.165) is 25.1 Å². The van der Waals surface area contributed by atoms with Gasteiger partial charge in [0.25, 0.3) is 5.91 Å². The molecule has 1 amide bonds. The molecule has 23 heavy (non-hydrogen) atoms. The number of aryl methyl sites for hydroxylation is 2. The van der Waals surface area contributed by atoms with Gasteiger partial charge in [-0.15, -0.1) is 0 Å². The molecule has 1 aliphatic heterocycles. The quantitative estimate of drug-likeness (QED) is 0.912. The fourth-order valence-corrected chi connectivity index (χ4v) is 2.90. The lowest BCUT2D eigenvalue weighted by Gasteiger charge is -2.15. The first kappa shape index (κ1) is 15.5. The molecule has 3 rings (SSSR count). The Hall–Kier alpha value is -2.44. The van der Waals surface area contributed by atoms with Crippen LogP contribution >= 0.6 is 0 Å². The van der Waals surface area contributed by atoms with Gasteiger partial charge in [-0.1, -0.05) is 6.92 Å². The zero-order chi connectivity index (χ0) is 16.2. The Kier molecular flexibility index (Phi) is 4.55. The van der Waals surface area contributed by atoms with Crippen molar-refractivity contribution in [2.24, 2.45) is 0 Å². The molecule has 7 heteroatoms. The number of carbonyl (C=O) groups excluding carboxylic acids is 1.